The number of pyridine rings is 1. The second-order valence-electron chi connectivity index (χ2n) is 3.66. The van der Waals surface area contributed by atoms with Crippen molar-refractivity contribution in [1.82, 2.24) is 4.98 Å². The molecule has 1 aromatic carbocycles. The molecule has 0 bridgehead atoms. The fourth-order valence-electron chi connectivity index (χ4n) is 1.30. The predicted molar refractivity (Wildman–Crippen MR) is 71.6 cm³/mol. The Balaban J connectivity index is 2.21. The molecule has 6 heteroatoms. The Bertz CT molecular complexity index is 653. The number of nitrogens with zero attached hydrogens (tertiary/aromatic N) is 1. The van der Waals surface area contributed by atoms with E-state index >= 15 is 0 Å². The third-order valence-corrected chi connectivity index (χ3v) is 3.75. The Hall–Kier alpha value is -1.40. The number of benzene rings is 1. The quantitative estimate of drug-likeness (QED) is 0.869. The van der Waals surface area contributed by atoms with Gasteiger partial charge in [-0.25, -0.2) is 13.4 Å². The minimum absolute atomic E-state index is 0.170. The van der Waals surface area contributed by atoms with Crippen LogP contribution in [0.5, 0.6) is 11.6 Å². The summed E-state index contributed by atoms with van der Waals surface area (Å²) < 4.78 is 28.9. The van der Waals surface area contributed by atoms with Gasteiger partial charge in [0, 0.05) is 23.0 Å². The van der Waals surface area contributed by atoms with E-state index in [1.54, 1.807) is 12.1 Å². The molecule has 0 aliphatic rings. The van der Waals surface area contributed by atoms with E-state index < -0.39 is 9.84 Å². The minimum Gasteiger partial charge on any atom is -0.439 e. The SMILES string of the molecule is CS(=O)(=O)c1ccc(Oc2cccc(Br)c2)nc1. The van der Waals surface area contributed by atoms with Crippen molar-refractivity contribution in [3.05, 3.63) is 47.1 Å². The van der Waals surface area contributed by atoms with Gasteiger partial charge in [0.15, 0.2) is 9.84 Å². The van der Waals surface area contributed by atoms with Crippen molar-refractivity contribution in [2.45, 2.75) is 4.90 Å². The van der Waals surface area contributed by atoms with Crippen molar-refractivity contribution in [2.24, 2.45) is 0 Å². The van der Waals surface area contributed by atoms with Crippen LogP contribution in [0.2, 0.25) is 0 Å². The highest BCUT2D eigenvalue weighted by atomic mass is 79.9. The maximum atomic E-state index is 11.3. The molecule has 0 spiro atoms. The molecule has 0 amide bonds. The number of aromatic nitrogens is 1. The summed E-state index contributed by atoms with van der Waals surface area (Å²) in [4.78, 5) is 4.12. The lowest BCUT2D eigenvalue weighted by Gasteiger charge is -2.05. The maximum Gasteiger partial charge on any atom is 0.219 e. The second-order valence-corrected chi connectivity index (χ2v) is 6.60. The average Bonchev–Trinajstić information content (AvgIpc) is 2.28. The molecular formula is C12H10BrNO3S. The fourth-order valence-corrected chi connectivity index (χ4v) is 2.24. The predicted octanol–water partition coefficient (Wildman–Crippen LogP) is 3.04. The van der Waals surface area contributed by atoms with Gasteiger partial charge in [-0.2, -0.15) is 0 Å². The lowest BCUT2D eigenvalue weighted by Crippen LogP contribution is -1.98. The van der Waals surface area contributed by atoms with Gasteiger partial charge in [0.1, 0.15) is 5.75 Å². The van der Waals surface area contributed by atoms with Crippen LogP contribution in [0.15, 0.2) is 52.0 Å². The molecule has 0 saturated carbocycles. The molecule has 0 radical (unpaired) electrons. The molecule has 18 heavy (non-hydrogen) atoms. The zero-order chi connectivity index (χ0) is 13.2. The monoisotopic (exact) mass is 327 g/mol. The van der Waals surface area contributed by atoms with Crippen molar-refractivity contribution >= 4 is 25.8 Å². The summed E-state index contributed by atoms with van der Waals surface area (Å²) in [5.41, 5.74) is 0. The van der Waals surface area contributed by atoms with Crippen LogP contribution in [-0.4, -0.2) is 19.7 Å². The largest absolute Gasteiger partial charge is 0.439 e. The average molecular weight is 328 g/mol. The summed E-state index contributed by atoms with van der Waals surface area (Å²) in [6, 6.07) is 10.3. The summed E-state index contributed by atoms with van der Waals surface area (Å²) >= 11 is 3.33. The van der Waals surface area contributed by atoms with Gasteiger partial charge in [-0.15, -0.1) is 0 Å². The first kappa shape index (κ1) is 13.0. The maximum absolute atomic E-state index is 11.3. The van der Waals surface area contributed by atoms with Crippen LogP contribution in [-0.2, 0) is 9.84 Å². The van der Waals surface area contributed by atoms with E-state index in [2.05, 4.69) is 20.9 Å². The Morgan fingerprint density at radius 2 is 2.00 bits per heavy atom. The number of halogens is 1. The van der Waals surface area contributed by atoms with Crippen LogP contribution in [0.4, 0.5) is 0 Å². The Morgan fingerprint density at radius 3 is 2.56 bits per heavy atom. The summed E-state index contributed by atoms with van der Waals surface area (Å²) in [7, 11) is -3.22. The van der Waals surface area contributed by atoms with Crippen molar-refractivity contribution < 1.29 is 13.2 Å². The van der Waals surface area contributed by atoms with Gasteiger partial charge in [-0.05, 0) is 24.3 Å². The van der Waals surface area contributed by atoms with Crippen LogP contribution < -0.4 is 4.74 Å². The zero-order valence-electron chi connectivity index (χ0n) is 9.50. The molecule has 2 rings (SSSR count). The summed E-state index contributed by atoms with van der Waals surface area (Å²) in [6.07, 6.45) is 2.42. The number of sulfone groups is 1. The molecule has 2 aromatic rings. The Labute approximate surface area is 114 Å². The van der Waals surface area contributed by atoms with E-state index in [4.69, 9.17) is 4.74 Å². The van der Waals surface area contributed by atoms with Crippen molar-refractivity contribution in [3.8, 4) is 11.6 Å². The van der Waals surface area contributed by atoms with Crippen LogP contribution in [0.1, 0.15) is 0 Å². The number of rotatable bonds is 3. The van der Waals surface area contributed by atoms with Crippen molar-refractivity contribution in [2.75, 3.05) is 6.26 Å². The molecular weight excluding hydrogens is 318 g/mol. The molecule has 0 fully saturated rings. The lowest BCUT2D eigenvalue weighted by molar-refractivity contribution is 0.461. The van der Waals surface area contributed by atoms with Crippen molar-refractivity contribution in [3.63, 3.8) is 0 Å². The van der Waals surface area contributed by atoms with E-state index in [-0.39, 0.29) is 4.90 Å². The van der Waals surface area contributed by atoms with Gasteiger partial charge in [-0.1, -0.05) is 22.0 Å². The first-order valence-corrected chi connectivity index (χ1v) is 7.73. The van der Waals surface area contributed by atoms with Crippen LogP contribution in [0, 0.1) is 0 Å². The second kappa shape index (κ2) is 5.07. The highest BCUT2D eigenvalue weighted by molar-refractivity contribution is 9.10. The van der Waals surface area contributed by atoms with E-state index in [9.17, 15) is 8.42 Å². The highest BCUT2D eigenvalue weighted by Gasteiger charge is 2.07. The number of hydrogen-bond acceptors (Lipinski definition) is 4. The smallest absolute Gasteiger partial charge is 0.219 e. The molecule has 0 atom stereocenters. The summed E-state index contributed by atoms with van der Waals surface area (Å²) in [5, 5.41) is 0. The van der Waals surface area contributed by atoms with E-state index in [1.165, 1.54) is 18.3 Å². The van der Waals surface area contributed by atoms with Crippen molar-refractivity contribution in [1.29, 1.82) is 0 Å². The number of hydrogen-bond donors (Lipinski definition) is 0. The van der Waals surface area contributed by atoms with Gasteiger partial charge in [-0.3, -0.25) is 0 Å². The normalized spacial score (nSPS) is 11.2. The molecule has 0 saturated heterocycles. The van der Waals surface area contributed by atoms with Gasteiger partial charge in [0.2, 0.25) is 5.88 Å². The standard InChI is InChI=1S/C12H10BrNO3S/c1-18(15,16)11-5-6-12(14-8-11)17-10-4-2-3-9(13)7-10/h2-8H,1H3. The van der Waals surface area contributed by atoms with E-state index in [1.807, 2.05) is 12.1 Å². The van der Waals surface area contributed by atoms with Gasteiger partial charge in [0.05, 0.1) is 4.90 Å². The first-order chi connectivity index (χ1) is 8.45. The minimum atomic E-state index is -3.22. The zero-order valence-corrected chi connectivity index (χ0v) is 11.9. The topological polar surface area (TPSA) is 56.3 Å². The summed E-state index contributed by atoms with van der Waals surface area (Å²) in [5.74, 6) is 0.976. The molecule has 0 aliphatic heterocycles. The van der Waals surface area contributed by atoms with Gasteiger partial charge < -0.3 is 4.74 Å². The van der Waals surface area contributed by atoms with Crippen LogP contribution in [0.25, 0.3) is 0 Å². The van der Waals surface area contributed by atoms with Crippen LogP contribution in [0.3, 0.4) is 0 Å². The molecule has 0 N–H and O–H groups in total. The molecule has 1 heterocycles. The van der Waals surface area contributed by atoms with Gasteiger partial charge >= 0.3 is 0 Å². The molecule has 94 valence electrons. The third kappa shape index (κ3) is 3.30. The molecule has 0 aliphatic carbocycles. The van der Waals surface area contributed by atoms with Crippen LogP contribution >= 0.6 is 15.9 Å². The highest BCUT2D eigenvalue weighted by Crippen LogP contribution is 2.23. The number of ether oxygens (including phenoxy) is 1. The van der Waals surface area contributed by atoms with Gasteiger partial charge in [0.25, 0.3) is 0 Å². The summed E-state index contributed by atoms with van der Waals surface area (Å²) in [6.45, 7) is 0. The third-order valence-electron chi connectivity index (χ3n) is 2.16. The lowest BCUT2D eigenvalue weighted by atomic mass is 10.3. The van der Waals surface area contributed by atoms with E-state index in [0.717, 1.165) is 10.7 Å². The van der Waals surface area contributed by atoms with E-state index in [0.29, 0.717) is 11.6 Å². The molecule has 4 nitrogen and oxygen atoms in total. The first-order valence-electron chi connectivity index (χ1n) is 5.05. The fraction of sp³-hybridized carbons (Fsp3) is 0.0833. The molecule has 1 aromatic heterocycles. The Kier molecular flexibility index (Phi) is 3.68. The Morgan fingerprint density at radius 1 is 1.22 bits per heavy atom. The molecule has 0 unspecified atom stereocenters.